The number of methoxy groups -OCH3 is 1. The summed E-state index contributed by atoms with van der Waals surface area (Å²) in [6.45, 7) is 6.36. The molecule has 0 aromatic heterocycles. The van der Waals surface area contributed by atoms with Gasteiger partial charge >= 0.3 is 0 Å². The SMILES string of the molecule is COc1ccc(C(C)(C)C)cc1NO. The second-order valence-corrected chi connectivity index (χ2v) is 4.28. The smallest absolute Gasteiger partial charge is 0.144 e. The van der Waals surface area contributed by atoms with Crippen molar-refractivity contribution in [2.24, 2.45) is 0 Å². The largest absolute Gasteiger partial charge is 0.495 e. The van der Waals surface area contributed by atoms with Crippen LogP contribution in [0.5, 0.6) is 5.75 Å². The number of nitrogens with one attached hydrogen (secondary N) is 1. The molecule has 1 rings (SSSR count). The zero-order chi connectivity index (χ0) is 10.8. The van der Waals surface area contributed by atoms with Crippen LogP contribution in [0.2, 0.25) is 0 Å². The lowest BCUT2D eigenvalue weighted by Gasteiger charge is -2.20. The molecule has 0 radical (unpaired) electrons. The Labute approximate surface area is 84.7 Å². The van der Waals surface area contributed by atoms with Gasteiger partial charge in [0.15, 0.2) is 0 Å². The first kappa shape index (κ1) is 10.9. The van der Waals surface area contributed by atoms with E-state index in [2.05, 4.69) is 26.3 Å². The lowest BCUT2D eigenvalue weighted by Crippen LogP contribution is -2.11. The minimum Gasteiger partial charge on any atom is -0.495 e. The van der Waals surface area contributed by atoms with Crippen LogP contribution in [-0.4, -0.2) is 12.3 Å². The van der Waals surface area contributed by atoms with Gasteiger partial charge in [-0.05, 0) is 23.1 Å². The van der Waals surface area contributed by atoms with Crippen molar-refractivity contribution >= 4 is 5.69 Å². The van der Waals surface area contributed by atoms with E-state index in [9.17, 15) is 0 Å². The molecule has 0 unspecified atom stereocenters. The number of rotatable bonds is 2. The summed E-state index contributed by atoms with van der Waals surface area (Å²) in [5.74, 6) is 0.639. The zero-order valence-corrected chi connectivity index (χ0v) is 9.09. The highest BCUT2D eigenvalue weighted by molar-refractivity contribution is 5.57. The topological polar surface area (TPSA) is 41.5 Å². The maximum Gasteiger partial charge on any atom is 0.144 e. The Bertz CT molecular complexity index is 316. The number of hydrogen-bond acceptors (Lipinski definition) is 3. The summed E-state index contributed by atoms with van der Waals surface area (Å²) < 4.78 is 5.08. The average molecular weight is 195 g/mol. The minimum atomic E-state index is 0.0673. The van der Waals surface area contributed by atoms with Crippen LogP contribution in [0.15, 0.2) is 18.2 Å². The van der Waals surface area contributed by atoms with E-state index in [1.54, 1.807) is 7.11 Å². The Balaban J connectivity index is 3.14. The number of ether oxygens (including phenoxy) is 1. The van der Waals surface area contributed by atoms with Crippen LogP contribution >= 0.6 is 0 Å². The Hall–Kier alpha value is -1.22. The Morgan fingerprint density at radius 3 is 2.36 bits per heavy atom. The van der Waals surface area contributed by atoms with E-state index >= 15 is 0 Å². The van der Waals surface area contributed by atoms with Crippen molar-refractivity contribution in [2.75, 3.05) is 12.6 Å². The van der Waals surface area contributed by atoms with Crippen LogP contribution in [0.25, 0.3) is 0 Å². The van der Waals surface area contributed by atoms with Crippen LogP contribution in [0.4, 0.5) is 5.69 Å². The third-order valence-electron chi connectivity index (χ3n) is 2.19. The van der Waals surface area contributed by atoms with Gasteiger partial charge in [-0.1, -0.05) is 26.8 Å². The van der Waals surface area contributed by atoms with Gasteiger partial charge in [-0.15, -0.1) is 0 Å². The molecule has 78 valence electrons. The fourth-order valence-corrected chi connectivity index (χ4v) is 1.26. The lowest BCUT2D eigenvalue weighted by molar-refractivity contribution is 0.373. The van der Waals surface area contributed by atoms with Gasteiger partial charge in [-0.3, -0.25) is 10.7 Å². The summed E-state index contributed by atoms with van der Waals surface area (Å²) in [4.78, 5) is 0. The minimum absolute atomic E-state index is 0.0673. The number of hydrogen-bond donors (Lipinski definition) is 2. The van der Waals surface area contributed by atoms with Crippen molar-refractivity contribution in [1.29, 1.82) is 0 Å². The molecular weight excluding hydrogens is 178 g/mol. The molecule has 0 saturated heterocycles. The van der Waals surface area contributed by atoms with Crippen molar-refractivity contribution in [1.82, 2.24) is 0 Å². The number of anilines is 1. The fourth-order valence-electron chi connectivity index (χ4n) is 1.26. The molecular formula is C11H17NO2. The van der Waals surface area contributed by atoms with Crippen molar-refractivity contribution < 1.29 is 9.94 Å². The van der Waals surface area contributed by atoms with E-state index in [4.69, 9.17) is 9.94 Å². The molecule has 3 nitrogen and oxygen atoms in total. The summed E-state index contributed by atoms with van der Waals surface area (Å²) in [7, 11) is 1.58. The summed E-state index contributed by atoms with van der Waals surface area (Å²) in [5, 5.41) is 8.91. The second-order valence-electron chi connectivity index (χ2n) is 4.28. The van der Waals surface area contributed by atoms with Crippen molar-refractivity contribution in [2.45, 2.75) is 26.2 Å². The summed E-state index contributed by atoms with van der Waals surface area (Å²) in [6.07, 6.45) is 0. The molecule has 0 amide bonds. The quantitative estimate of drug-likeness (QED) is 0.713. The van der Waals surface area contributed by atoms with Crippen LogP contribution in [-0.2, 0) is 5.41 Å². The molecule has 14 heavy (non-hydrogen) atoms. The molecule has 0 spiro atoms. The van der Waals surface area contributed by atoms with E-state index in [1.165, 1.54) is 0 Å². The second kappa shape index (κ2) is 3.88. The summed E-state index contributed by atoms with van der Waals surface area (Å²) in [6, 6.07) is 5.73. The maximum absolute atomic E-state index is 8.91. The third kappa shape index (κ3) is 2.17. The standard InChI is InChI=1S/C11H17NO2/c1-11(2,3)8-5-6-10(14-4)9(7-8)12-13/h5-7,12-13H,1-4H3. The van der Waals surface area contributed by atoms with Gasteiger partial charge in [0.05, 0.1) is 7.11 Å². The van der Waals surface area contributed by atoms with E-state index in [-0.39, 0.29) is 5.41 Å². The van der Waals surface area contributed by atoms with E-state index in [1.807, 2.05) is 18.2 Å². The van der Waals surface area contributed by atoms with Gasteiger partial charge in [0.2, 0.25) is 0 Å². The highest BCUT2D eigenvalue weighted by atomic mass is 16.5. The Kier molecular flexibility index (Phi) is 3.01. The Morgan fingerprint density at radius 1 is 1.29 bits per heavy atom. The molecule has 0 atom stereocenters. The maximum atomic E-state index is 8.91. The van der Waals surface area contributed by atoms with Gasteiger partial charge in [0, 0.05) is 0 Å². The molecule has 1 aromatic carbocycles. The molecule has 0 fully saturated rings. The van der Waals surface area contributed by atoms with Crippen LogP contribution in [0, 0.1) is 0 Å². The predicted molar refractivity (Wildman–Crippen MR) is 57.1 cm³/mol. The highest BCUT2D eigenvalue weighted by Crippen LogP contribution is 2.30. The molecule has 0 bridgehead atoms. The molecule has 0 aliphatic carbocycles. The van der Waals surface area contributed by atoms with E-state index in [0.29, 0.717) is 11.4 Å². The molecule has 0 aliphatic rings. The Morgan fingerprint density at radius 2 is 1.93 bits per heavy atom. The molecule has 0 saturated carbocycles. The fraction of sp³-hybridized carbons (Fsp3) is 0.455. The third-order valence-corrected chi connectivity index (χ3v) is 2.19. The zero-order valence-electron chi connectivity index (χ0n) is 9.09. The molecule has 0 heterocycles. The summed E-state index contributed by atoms with van der Waals surface area (Å²) in [5.41, 5.74) is 3.95. The van der Waals surface area contributed by atoms with Crippen LogP contribution in [0.3, 0.4) is 0 Å². The van der Waals surface area contributed by atoms with E-state index < -0.39 is 0 Å². The van der Waals surface area contributed by atoms with Crippen molar-refractivity contribution in [3.63, 3.8) is 0 Å². The normalized spacial score (nSPS) is 11.2. The molecule has 3 heteroatoms. The first-order chi connectivity index (χ1) is 6.49. The average Bonchev–Trinajstić information content (AvgIpc) is 2.15. The summed E-state index contributed by atoms with van der Waals surface area (Å²) >= 11 is 0. The first-order valence-corrected chi connectivity index (χ1v) is 4.57. The highest BCUT2D eigenvalue weighted by Gasteiger charge is 2.15. The van der Waals surface area contributed by atoms with E-state index in [0.717, 1.165) is 5.56 Å². The van der Waals surface area contributed by atoms with Crippen molar-refractivity contribution in [3.05, 3.63) is 23.8 Å². The van der Waals surface area contributed by atoms with Crippen LogP contribution in [0.1, 0.15) is 26.3 Å². The van der Waals surface area contributed by atoms with Gasteiger partial charge in [0.1, 0.15) is 11.4 Å². The lowest BCUT2D eigenvalue weighted by atomic mass is 9.87. The molecule has 2 N–H and O–H groups in total. The number of benzene rings is 1. The van der Waals surface area contributed by atoms with Gasteiger partial charge < -0.3 is 4.74 Å². The van der Waals surface area contributed by atoms with Crippen LogP contribution < -0.4 is 10.2 Å². The first-order valence-electron chi connectivity index (χ1n) is 4.57. The van der Waals surface area contributed by atoms with Gasteiger partial charge in [-0.2, -0.15) is 0 Å². The van der Waals surface area contributed by atoms with Crippen molar-refractivity contribution in [3.8, 4) is 5.75 Å². The monoisotopic (exact) mass is 195 g/mol. The molecule has 1 aromatic rings. The van der Waals surface area contributed by atoms with Gasteiger partial charge in [-0.25, -0.2) is 0 Å². The molecule has 0 aliphatic heterocycles. The predicted octanol–water partition coefficient (Wildman–Crippen LogP) is 2.79. The van der Waals surface area contributed by atoms with Gasteiger partial charge in [0.25, 0.3) is 0 Å².